The molecule has 0 amide bonds. The van der Waals surface area contributed by atoms with E-state index in [1.807, 2.05) is 25.1 Å². The predicted octanol–water partition coefficient (Wildman–Crippen LogP) is 6.06. The van der Waals surface area contributed by atoms with Crippen LogP contribution in [0.5, 0.6) is 0 Å². The zero-order chi connectivity index (χ0) is 16.1. The third-order valence-electron chi connectivity index (χ3n) is 3.97. The maximum absolute atomic E-state index is 6.10. The summed E-state index contributed by atoms with van der Waals surface area (Å²) in [6, 6.07) is 14.4. The van der Waals surface area contributed by atoms with Gasteiger partial charge in [-0.1, -0.05) is 30.3 Å². The molecule has 0 aliphatic carbocycles. The highest BCUT2D eigenvalue weighted by Gasteiger charge is 2.18. The van der Waals surface area contributed by atoms with Crippen LogP contribution >= 0.6 is 31.9 Å². The lowest BCUT2D eigenvalue weighted by Gasteiger charge is -2.05. The molecule has 3 nitrogen and oxygen atoms in total. The fraction of sp³-hybridized carbons (Fsp3) is 0.0556. The lowest BCUT2D eigenvalue weighted by molar-refractivity contribution is 0.617. The number of nitrogens with zero attached hydrogens (tertiary/aromatic N) is 1. The highest BCUT2D eigenvalue weighted by Crippen LogP contribution is 2.40. The average molecular weight is 432 g/mol. The number of rotatable bonds is 1. The van der Waals surface area contributed by atoms with Crippen LogP contribution in [0.2, 0.25) is 0 Å². The van der Waals surface area contributed by atoms with E-state index in [2.05, 4.69) is 61.1 Å². The van der Waals surface area contributed by atoms with Crippen molar-refractivity contribution in [1.82, 2.24) is 4.98 Å². The van der Waals surface area contributed by atoms with E-state index in [1.165, 1.54) is 5.39 Å². The largest absolute Gasteiger partial charge is 0.436 e. The van der Waals surface area contributed by atoms with Gasteiger partial charge in [-0.3, -0.25) is 0 Å². The van der Waals surface area contributed by atoms with E-state index in [4.69, 9.17) is 10.2 Å². The number of anilines is 1. The second kappa shape index (κ2) is 5.35. The average Bonchev–Trinajstić information content (AvgIpc) is 3.03. The summed E-state index contributed by atoms with van der Waals surface area (Å²) in [7, 11) is 0. The van der Waals surface area contributed by atoms with Crippen LogP contribution in [0.15, 0.2) is 55.8 Å². The molecule has 0 aliphatic heterocycles. The number of benzene rings is 3. The molecule has 0 unspecified atom stereocenters. The van der Waals surface area contributed by atoms with Gasteiger partial charge in [0.15, 0.2) is 5.58 Å². The van der Waals surface area contributed by atoms with E-state index in [1.54, 1.807) is 0 Å². The molecule has 0 saturated carbocycles. The number of hydrogen-bond acceptors (Lipinski definition) is 3. The van der Waals surface area contributed by atoms with Crippen molar-refractivity contribution in [2.75, 3.05) is 5.73 Å². The summed E-state index contributed by atoms with van der Waals surface area (Å²) in [5.74, 6) is 0.590. The van der Waals surface area contributed by atoms with E-state index in [0.29, 0.717) is 11.6 Å². The first kappa shape index (κ1) is 14.7. The van der Waals surface area contributed by atoms with Gasteiger partial charge in [-0.15, -0.1) is 0 Å². The maximum atomic E-state index is 6.10. The van der Waals surface area contributed by atoms with Crippen molar-refractivity contribution < 1.29 is 4.42 Å². The Kier molecular flexibility index (Phi) is 3.43. The van der Waals surface area contributed by atoms with Gasteiger partial charge in [-0.05, 0) is 61.7 Å². The number of aromatic nitrogens is 1. The van der Waals surface area contributed by atoms with Crippen LogP contribution in [-0.4, -0.2) is 4.98 Å². The smallest absolute Gasteiger partial charge is 0.227 e. The number of nitrogens with two attached hydrogens (primary N) is 1. The SMILES string of the molecule is Cc1c(Br)c(N)c(Br)c2nc(-c3ccc4ccccc4c3)oc12. The second-order valence-electron chi connectivity index (χ2n) is 5.43. The number of aryl methyl sites for hydroxylation is 1. The van der Waals surface area contributed by atoms with Crippen molar-refractivity contribution in [3.8, 4) is 11.5 Å². The third kappa shape index (κ3) is 2.26. The highest BCUT2D eigenvalue weighted by molar-refractivity contribution is 9.11. The zero-order valence-electron chi connectivity index (χ0n) is 12.2. The van der Waals surface area contributed by atoms with Crippen molar-refractivity contribution in [2.24, 2.45) is 0 Å². The Labute approximate surface area is 149 Å². The minimum absolute atomic E-state index is 0.590. The standard InChI is InChI=1S/C18H12Br2N2O/c1-9-13(19)15(21)14(20)16-17(9)23-18(22-16)12-7-6-10-4-2-3-5-11(10)8-12/h2-8H,21H2,1H3. The molecule has 4 aromatic rings. The predicted molar refractivity (Wildman–Crippen MR) is 102 cm³/mol. The summed E-state index contributed by atoms with van der Waals surface area (Å²) in [4.78, 5) is 4.64. The lowest BCUT2D eigenvalue weighted by Crippen LogP contribution is -1.92. The van der Waals surface area contributed by atoms with Gasteiger partial charge in [0.05, 0.1) is 10.2 Å². The van der Waals surface area contributed by atoms with Gasteiger partial charge < -0.3 is 10.2 Å². The van der Waals surface area contributed by atoms with Gasteiger partial charge in [-0.2, -0.15) is 0 Å². The highest BCUT2D eigenvalue weighted by atomic mass is 79.9. The summed E-state index contributed by atoms with van der Waals surface area (Å²) in [6.07, 6.45) is 0. The van der Waals surface area contributed by atoms with Gasteiger partial charge in [0.2, 0.25) is 5.89 Å². The quantitative estimate of drug-likeness (QED) is 0.372. The Morgan fingerprint density at radius 1 is 1.00 bits per heavy atom. The van der Waals surface area contributed by atoms with E-state index in [0.717, 1.165) is 36.6 Å². The normalized spacial score (nSPS) is 11.4. The fourth-order valence-corrected chi connectivity index (χ4v) is 3.81. The Bertz CT molecular complexity index is 1020. The summed E-state index contributed by atoms with van der Waals surface area (Å²) >= 11 is 7.02. The molecule has 114 valence electrons. The molecule has 23 heavy (non-hydrogen) atoms. The number of oxazole rings is 1. The molecular formula is C18H12Br2N2O. The number of fused-ring (bicyclic) bond motifs is 2. The molecule has 0 saturated heterocycles. The number of hydrogen-bond donors (Lipinski definition) is 1. The molecule has 1 aromatic heterocycles. The van der Waals surface area contributed by atoms with E-state index >= 15 is 0 Å². The van der Waals surface area contributed by atoms with E-state index in [-0.39, 0.29) is 0 Å². The topological polar surface area (TPSA) is 52.0 Å². The molecule has 0 atom stereocenters. The Morgan fingerprint density at radius 2 is 1.74 bits per heavy atom. The number of halogens is 2. The van der Waals surface area contributed by atoms with Crippen LogP contribution in [0.1, 0.15) is 5.56 Å². The van der Waals surface area contributed by atoms with Crippen LogP contribution in [-0.2, 0) is 0 Å². The Morgan fingerprint density at radius 3 is 2.52 bits per heavy atom. The first-order valence-electron chi connectivity index (χ1n) is 7.09. The van der Waals surface area contributed by atoms with Crippen molar-refractivity contribution in [3.05, 3.63) is 57.0 Å². The molecule has 1 heterocycles. The summed E-state index contributed by atoms with van der Waals surface area (Å²) in [5, 5.41) is 2.35. The second-order valence-corrected chi connectivity index (χ2v) is 7.01. The van der Waals surface area contributed by atoms with Crippen molar-refractivity contribution in [3.63, 3.8) is 0 Å². The first-order chi connectivity index (χ1) is 11.1. The molecule has 0 bridgehead atoms. The molecule has 0 spiro atoms. The van der Waals surface area contributed by atoms with E-state index in [9.17, 15) is 0 Å². The molecule has 0 aliphatic rings. The van der Waals surface area contributed by atoms with Crippen LogP contribution < -0.4 is 5.73 Å². The zero-order valence-corrected chi connectivity index (χ0v) is 15.4. The van der Waals surface area contributed by atoms with Crippen LogP contribution in [0.25, 0.3) is 33.3 Å². The van der Waals surface area contributed by atoms with Crippen molar-refractivity contribution >= 4 is 59.4 Å². The van der Waals surface area contributed by atoms with Gasteiger partial charge in [-0.25, -0.2) is 4.98 Å². The molecule has 2 N–H and O–H groups in total. The number of nitrogen functional groups attached to an aromatic ring is 1. The molecule has 3 aromatic carbocycles. The molecule has 0 radical (unpaired) electrons. The minimum Gasteiger partial charge on any atom is -0.436 e. The minimum atomic E-state index is 0.590. The van der Waals surface area contributed by atoms with Crippen molar-refractivity contribution in [2.45, 2.75) is 6.92 Å². The molecule has 4 rings (SSSR count). The van der Waals surface area contributed by atoms with Crippen LogP contribution in [0.4, 0.5) is 5.69 Å². The summed E-state index contributed by atoms with van der Waals surface area (Å²) in [6.45, 7) is 1.96. The van der Waals surface area contributed by atoms with Gasteiger partial charge in [0.1, 0.15) is 5.52 Å². The lowest BCUT2D eigenvalue weighted by atomic mass is 10.1. The first-order valence-corrected chi connectivity index (χ1v) is 8.67. The Balaban J connectivity index is 1.98. The van der Waals surface area contributed by atoms with Gasteiger partial charge in [0.25, 0.3) is 0 Å². The van der Waals surface area contributed by atoms with Crippen molar-refractivity contribution in [1.29, 1.82) is 0 Å². The summed E-state index contributed by atoms with van der Waals surface area (Å²) < 4.78 is 7.61. The Hall–Kier alpha value is -1.85. The van der Waals surface area contributed by atoms with Crippen LogP contribution in [0, 0.1) is 6.92 Å². The molecule has 0 fully saturated rings. The van der Waals surface area contributed by atoms with Gasteiger partial charge in [0, 0.05) is 15.6 Å². The summed E-state index contributed by atoms with van der Waals surface area (Å²) in [5.41, 5.74) is 10.1. The molecule has 5 heteroatoms. The molecular weight excluding hydrogens is 420 g/mol. The fourth-order valence-electron chi connectivity index (χ4n) is 2.69. The van der Waals surface area contributed by atoms with Gasteiger partial charge >= 0.3 is 0 Å². The monoisotopic (exact) mass is 430 g/mol. The van der Waals surface area contributed by atoms with Crippen LogP contribution in [0.3, 0.4) is 0 Å². The van der Waals surface area contributed by atoms with E-state index < -0.39 is 0 Å². The maximum Gasteiger partial charge on any atom is 0.227 e. The third-order valence-corrected chi connectivity index (χ3v) is 5.80.